The molecule has 0 bridgehead atoms. The molecule has 0 atom stereocenters. The Bertz CT molecular complexity index is 1190. The Kier molecular flexibility index (Phi) is 7.55. The number of amides is 1. The van der Waals surface area contributed by atoms with Gasteiger partial charge < -0.3 is 5.32 Å². The quantitative estimate of drug-likeness (QED) is 0.197. The molecule has 3 rings (SSSR count). The number of carbonyl (C=O) groups excluding carboxylic acids is 1. The maximum atomic E-state index is 14.5. The summed E-state index contributed by atoms with van der Waals surface area (Å²) >= 11 is 2.14. The van der Waals surface area contributed by atoms with Crippen LogP contribution in [-0.4, -0.2) is 12.5 Å². The largest absolute Gasteiger partial charge is 0.352 e. The molecule has 0 saturated heterocycles. The van der Waals surface area contributed by atoms with E-state index in [1.807, 2.05) is 13.0 Å². The highest BCUT2D eigenvalue weighted by atomic mass is 127. The van der Waals surface area contributed by atoms with Crippen LogP contribution in [0, 0.1) is 39.8 Å². The van der Waals surface area contributed by atoms with Crippen LogP contribution in [0.4, 0.5) is 24.5 Å². The first kappa shape index (κ1) is 22.7. The van der Waals surface area contributed by atoms with Gasteiger partial charge in [-0.3, -0.25) is 9.63 Å². The van der Waals surface area contributed by atoms with Crippen molar-refractivity contribution in [3.8, 4) is 11.8 Å². The van der Waals surface area contributed by atoms with Crippen molar-refractivity contribution < 1.29 is 22.8 Å². The molecule has 0 aromatic heterocycles. The molecule has 2 N–H and O–H groups in total. The van der Waals surface area contributed by atoms with Crippen molar-refractivity contribution in [2.24, 2.45) is 0 Å². The van der Waals surface area contributed by atoms with Crippen LogP contribution in [0.25, 0.3) is 0 Å². The van der Waals surface area contributed by atoms with Crippen LogP contribution in [0.1, 0.15) is 21.5 Å². The van der Waals surface area contributed by atoms with Gasteiger partial charge in [0.15, 0.2) is 11.6 Å². The summed E-state index contributed by atoms with van der Waals surface area (Å²) in [5.41, 5.74) is 3.47. The van der Waals surface area contributed by atoms with Crippen molar-refractivity contribution in [2.75, 3.05) is 11.9 Å². The van der Waals surface area contributed by atoms with Crippen LogP contribution in [-0.2, 0) is 4.84 Å². The summed E-state index contributed by atoms with van der Waals surface area (Å²) in [6, 6.07) is 13.1. The van der Waals surface area contributed by atoms with E-state index >= 15 is 0 Å². The van der Waals surface area contributed by atoms with Gasteiger partial charge in [0.2, 0.25) is 0 Å². The fourth-order valence-electron chi connectivity index (χ4n) is 2.66. The van der Waals surface area contributed by atoms with E-state index in [2.05, 4.69) is 45.2 Å². The van der Waals surface area contributed by atoms with E-state index in [0.29, 0.717) is 11.3 Å². The van der Waals surface area contributed by atoms with Crippen LogP contribution >= 0.6 is 22.6 Å². The number of halogens is 4. The van der Waals surface area contributed by atoms with Crippen molar-refractivity contribution >= 4 is 39.9 Å². The Morgan fingerprint density at radius 3 is 2.65 bits per heavy atom. The minimum atomic E-state index is -1.18. The first-order valence-corrected chi connectivity index (χ1v) is 10.1. The van der Waals surface area contributed by atoms with Crippen molar-refractivity contribution in [2.45, 2.75) is 6.92 Å². The lowest BCUT2D eigenvalue weighted by molar-refractivity contribution is 0.0438. The number of anilines is 2. The van der Waals surface area contributed by atoms with Gasteiger partial charge in [0.05, 0.1) is 11.3 Å². The summed E-state index contributed by atoms with van der Waals surface area (Å²) in [6.45, 7) is 1.62. The second kappa shape index (κ2) is 10.3. The highest BCUT2D eigenvalue weighted by Crippen LogP contribution is 2.28. The van der Waals surface area contributed by atoms with Gasteiger partial charge >= 0.3 is 0 Å². The average Bonchev–Trinajstić information content (AvgIpc) is 2.73. The van der Waals surface area contributed by atoms with E-state index in [4.69, 9.17) is 4.84 Å². The molecule has 0 fully saturated rings. The van der Waals surface area contributed by atoms with Crippen LogP contribution in [0.2, 0.25) is 0 Å². The van der Waals surface area contributed by atoms with Crippen molar-refractivity contribution in [1.82, 2.24) is 5.48 Å². The Morgan fingerprint density at radius 2 is 1.90 bits per heavy atom. The first-order valence-electron chi connectivity index (χ1n) is 9.03. The maximum Gasteiger partial charge on any atom is 0.277 e. The topological polar surface area (TPSA) is 50.4 Å². The highest BCUT2D eigenvalue weighted by Gasteiger charge is 2.19. The smallest absolute Gasteiger partial charge is 0.277 e. The number of rotatable bonds is 5. The number of nitrogens with one attached hydrogen (secondary N) is 2. The van der Waals surface area contributed by atoms with Gasteiger partial charge in [-0.1, -0.05) is 17.9 Å². The lowest BCUT2D eigenvalue weighted by Gasteiger charge is -2.15. The molecule has 4 nitrogen and oxygen atoms in total. The molecule has 8 heteroatoms. The summed E-state index contributed by atoms with van der Waals surface area (Å²) in [5, 5.41) is 2.79. The SMILES string of the molecule is Cc1cc(I)ccc1Nc1c(C(=O)NOCC#Cc2cccc(F)c2)ccc(F)c1F. The zero-order valence-electron chi connectivity index (χ0n) is 16.2. The fraction of sp³-hybridized carbons (Fsp3) is 0.0870. The molecule has 158 valence electrons. The Hall–Kier alpha value is -3.03. The zero-order chi connectivity index (χ0) is 22.4. The van der Waals surface area contributed by atoms with Gasteiger partial charge in [-0.25, -0.2) is 18.7 Å². The van der Waals surface area contributed by atoms with Crippen LogP contribution in [0.15, 0.2) is 54.6 Å². The van der Waals surface area contributed by atoms with E-state index in [0.717, 1.165) is 21.3 Å². The van der Waals surface area contributed by atoms with Crippen LogP contribution < -0.4 is 10.8 Å². The molecule has 0 spiro atoms. The summed E-state index contributed by atoms with van der Waals surface area (Å²) in [7, 11) is 0. The molecule has 1 amide bonds. The fourth-order valence-corrected chi connectivity index (χ4v) is 3.31. The summed E-state index contributed by atoms with van der Waals surface area (Å²) in [4.78, 5) is 17.5. The maximum absolute atomic E-state index is 14.5. The number of hydroxylamine groups is 1. The molecule has 31 heavy (non-hydrogen) atoms. The molecule has 0 radical (unpaired) electrons. The molecule has 0 aliphatic rings. The average molecular weight is 536 g/mol. The summed E-state index contributed by atoms with van der Waals surface area (Å²) in [6.07, 6.45) is 0. The Morgan fingerprint density at radius 1 is 1.10 bits per heavy atom. The number of hydrogen-bond donors (Lipinski definition) is 2. The van der Waals surface area contributed by atoms with Crippen LogP contribution in [0.3, 0.4) is 0 Å². The normalized spacial score (nSPS) is 10.2. The minimum absolute atomic E-state index is 0.144. The number of benzene rings is 3. The van der Waals surface area contributed by atoms with E-state index in [9.17, 15) is 18.0 Å². The highest BCUT2D eigenvalue weighted by molar-refractivity contribution is 14.1. The van der Waals surface area contributed by atoms with Gasteiger partial charge in [0, 0.05) is 14.8 Å². The lowest BCUT2D eigenvalue weighted by Crippen LogP contribution is -2.25. The molecule has 3 aromatic carbocycles. The first-order chi connectivity index (χ1) is 14.8. The van der Waals surface area contributed by atoms with Crippen molar-refractivity contribution in [1.29, 1.82) is 0 Å². The third-order valence-electron chi connectivity index (χ3n) is 4.15. The number of carbonyl (C=O) groups is 1. The third-order valence-corrected chi connectivity index (χ3v) is 4.83. The lowest BCUT2D eigenvalue weighted by atomic mass is 10.1. The van der Waals surface area contributed by atoms with Gasteiger partial charge in [-0.15, -0.1) is 0 Å². The van der Waals surface area contributed by atoms with Crippen LogP contribution in [0.5, 0.6) is 0 Å². The molecule has 0 saturated carbocycles. The minimum Gasteiger partial charge on any atom is -0.352 e. The molecule has 0 heterocycles. The van der Waals surface area contributed by atoms with E-state index < -0.39 is 23.4 Å². The molecular weight excluding hydrogens is 520 g/mol. The third kappa shape index (κ3) is 5.99. The van der Waals surface area contributed by atoms with E-state index in [1.165, 1.54) is 18.2 Å². The molecule has 3 aromatic rings. The predicted octanol–water partition coefficient (Wildman–Crippen LogP) is 5.47. The van der Waals surface area contributed by atoms with Gasteiger partial charge in [0.25, 0.3) is 5.91 Å². The van der Waals surface area contributed by atoms with Gasteiger partial charge in [-0.05, 0) is 83.6 Å². The number of hydrogen-bond acceptors (Lipinski definition) is 3. The Labute approximate surface area is 190 Å². The second-order valence-electron chi connectivity index (χ2n) is 6.40. The monoisotopic (exact) mass is 536 g/mol. The van der Waals surface area contributed by atoms with Crippen molar-refractivity contribution in [3.05, 3.63) is 92.3 Å². The zero-order valence-corrected chi connectivity index (χ0v) is 18.4. The van der Waals surface area contributed by atoms with E-state index in [1.54, 1.807) is 18.2 Å². The second-order valence-corrected chi connectivity index (χ2v) is 7.65. The number of aryl methyl sites for hydroxylation is 1. The predicted molar refractivity (Wildman–Crippen MR) is 120 cm³/mol. The Balaban J connectivity index is 1.71. The summed E-state index contributed by atoms with van der Waals surface area (Å²) < 4.78 is 42.4. The standard InChI is InChI=1S/C23H16F3IN2O2/c1-14-12-17(27)7-10-20(14)28-22-18(8-9-19(25)21(22)26)23(30)29-31-11-3-5-15-4-2-6-16(24)13-15/h2,4,6-10,12-13,28H,11H2,1H3,(H,29,30). The van der Waals surface area contributed by atoms with E-state index in [-0.39, 0.29) is 17.9 Å². The molecule has 0 aliphatic carbocycles. The molecule has 0 aliphatic heterocycles. The molecule has 0 unspecified atom stereocenters. The van der Waals surface area contributed by atoms with Gasteiger partial charge in [0.1, 0.15) is 12.4 Å². The summed E-state index contributed by atoms with van der Waals surface area (Å²) in [5.74, 6) is 1.83. The van der Waals surface area contributed by atoms with Gasteiger partial charge in [-0.2, -0.15) is 0 Å². The van der Waals surface area contributed by atoms with Crippen molar-refractivity contribution in [3.63, 3.8) is 0 Å². The molecular formula is C23H16F3IN2O2.